The molecule has 1 aromatic rings. The molecule has 0 spiro atoms. The minimum Gasteiger partial charge on any atom is -0.489 e. The molecule has 0 aliphatic carbocycles. The number of ether oxygens (including phenoxy) is 1. The van der Waals surface area contributed by atoms with E-state index in [1.54, 1.807) is 0 Å². The molecule has 1 unspecified atom stereocenters. The van der Waals surface area contributed by atoms with Crippen LogP contribution in [0.25, 0.3) is 0 Å². The maximum Gasteiger partial charge on any atom is 0.145 e. The van der Waals surface area contributed by atoms with Crippen LogP contribution >= 0.6 is 0 Å². The maximum absolute atomic E-state index is 5.87. The Balaban J connectivity index is 2.03. The number of hydrogen-bond donors (Lipinski definition) is 2. The maximum atomic E-state index is 5.87. The van der Waals surface area contributed by atoms with E-state index in [9.17, 15) is 0 Å². The zero-order chi connectivity index (χ0) is 12.3. The van der Waals surface area contributed by atoms with Gasteiger partial charge in [-0.25, -0.2) is 0 Å². The van der Waals surface area contributed by atoms with E-state index in [2.05, 4.69) is 36.6 Å². The minimum absolute atomic E-state index is 0.442. The predicted molar refractivity (Wildman–Crippen MR) is 72.0 cm³/mol. The van der Waals surface area contributed by atoms with Gasteiger partial charge in [0.25, 0.3) is 0 Å². The van der Waals surface area contributed by atoms with Crippen molar-refractivity contribution >= 4 is 5.69 Å². The average Bonchev–Trinajstić information content (AvgIpc) is 2.28. The van der Waals surface area contributed by atoms with E-state index in [1.165, 1.54) is 17.5 Å². The predicted octanol–water partition coefficient (Wildman–Crippen LogP) is 2.48. The number of nitrogens with one attached hydrogen (secondary N) is 2. The van der Waals surface area contributed by atoms with E-state index in [4.69, 9.17) is 4.74 Å². The first kappa shape index (κ1) is 12.2. The molecule has 3 heteroatoms. The molecular weight excluding hydrogens is 212 g/mol. The Hall–Kier alpha value is -1.22. The summed E-state index contributed by atoms with van der Waals surface area (Å²) in [5.74, 6) is 1.03. The van der Waals surface area contributed by atoms with Gasteiger partial charge < -0.3 is 15.4 Å². The normalized spacial score (nSPS) is 18.2. The van der Waals surface area contributed by atoms with E-state index in [1.807, 2.05) is 7.05 Å². The van der Waals surface area contributed by atoms with Crippen molar-refractivity contribution in [3.63, 3.8) is 0 Å². The summed E-state index contributed by atoms with van der Waals surface area (Å²) in [6.45, 7) is 6.08. The molecule has 1 atom stereocenters. The topological polar surface area (TPSA) is 33.3 Å². The lowest BCUT2D eigenvalue weighted by Crippen LogP contribution is -2.32. The Morgan fingerprint density at radius 3 is 3.00 bits per heavy atom. The fourth-order valence-electron chi connectivity index (χ4n) is 2.38. The van der Waals surface area contributed by atoms with Crippen LogP contribution < -0.4 is 15.4 Å². The van der Waals surface area contributed by atoms with Crippen LogP contribution in [0.2, 0.25) is 0 Å². The zero-order valence-electron chi connectivity index (χ0n) is 11.0. The highest BCUT2D eigenvalue weighted by Gasteiger charge is 2.19. The highest BCUT2D eigenvalue weighted by Crippen LogP contribution is 2.34. The van der Waals surface area contributed by atoms with Crippen molar-refractivity contribution in [2.75, 3.05) is 25.5 Å². The van der Waals surface area contributed by atoms with Crippen molar-refractivity contribution in [3.8, 4) is 5.75 Å². The zero-order valence-corrected chi connectivity index (χ0v) is 11.0. The van der Waals surface area contributed by atoms with Crippen LogP contribution in [-0.2, 0) is 0 Å². The van der Waals surface area contributed by atoms with Gasteiger partial charge in [0.05, 0.1) is 11.7 Å². The van der Waals surface area contributed by atoms with Gasteiger partial charge in [-0.05, 0) is 57.5 Å². The third-order valence-electron chi connectivity index (χ3n) is 3.19. The van der Waals surface area contributed by atoms with Crippen LogP contribution in [0.15, 0.2) is 12.1 Å². The van der Waals surface area contributed by atoms with Gasteiger partial charge in [0.15, 0.2) is 0 Å². The van der Waals surface area contributed by atoms with Gasteiger partial charge in [-0.15, -0.1) is 0 Å². The Bertz CT molecular complexity index is 390. The van der Waals surface area contributed by atoms with E-state index in [0.717, 1.165) is 31.0 Å². The third kappa shape index (κ3) is 2.91. The van der Waals surface area contributed by atoms with Crippen molar-refractivity contribution < 1.29 is 4.74 Å². The van der Waals surface area contributed by atoms with Crippen molar-refractivity contribution in [2.24, 2.45) is 0 Å². The smallest absolute Gasteiger partial charge is 0.145 e. The van der Waals surface area contributed by atoms with Crippen molar-refractivity contribution in [1.82, 2.24) is 5.32 Å². The van der Waals surface area contributed by atoms with E-state index < -0.39 is 0 Å². The average molecular weight is 234 g/mol. The summed E-state index contributed by atoms with van der Waals surface area (Å²) in [4.78, 5) is 0. The molecule has 2 rings (SSSR count). The third-order valence-corrected chi connectivity index (χ3v) is 3.19. The second-order valence-corrected chi connectivity index (χ2v) is 4.86. The summed E-state index contributed by atoms with van der Waals surface area (Å²) in [5.41, 5.74) is 3.66. The Labute approximate surface area is 104 Å². The molecular formula is C14H22N2O. The van der Waals surface area contributed by atoms with Crippen molar-refractivity contribution in [1.29, 1.82) is 0 Å². The molecule has 0 saturated heterocycles. The number of benzene rings is 1. The van der Waals surface area contributed by atoms with Crippen LogP contribution in [0.3, 0.4) is 0 Å². The summed E-state index contributed by atoms with van der Waals surface area (Å²) in [5, 5.41) is 6.76. The Kier molecular flexibility index (Phi) is 3.89. The number of hydrogen-bond acceptors (Lipinski definition) is 3. The molecule has 2 N–H and O–H groups in total. The largest absolute Gasteiger partial charge is 0.489 e. The van der Waals surface area contributed by atoms with Gasteiger partial charge >= 0.3 is 0 Å². The first-order chi connectivity index (χ1) is 8.20. The number of fused-ring (bicyclic) bond motifs is 1. The highest BCUT2D eigenvalue weighted by molar-refractivity contribution is 5.63. The lowest BCUT2D eigenvalue weighted by atomic mass is 10.1. The minimum atomic E-state index is 0.442. The molecule has 0 fully saturated rings. The fraction of sp³-hybridized carbons (Fsp3) is 0.571. The van der Waals surface area contributed by atoms with Gasteiger partial charge in [0, 0.05) is 0 Å². The second kappa shape index (κ2) is 5.41. The molecule has 0 amide bonds. The van der Waals surface area contributed by atoms with Crippen molar-refractivity contribution in [2.45, 2.75) is 32.7 Å². The SMILES string of the molecule is CNCCCC1COc2c(C)cc(C)cc2N1. The molecule has 1 aromatic carbocycles. The number of anilines is 1. The molecule has 0 radical (unpaired) electrons. The first-order valence-electron chi connectivity index (χ1n) is 6.36. The standard InChI is InChI=1S/C14H22N2O/c1-10-7-11(2)14-13(8-10)16-12(9-17-14)5-4-6-15-3/h7-8,12,15-16H,4-6,9H2,1-3H3. The van der Waals surface area contributed by atoms with Gasteiger partial charge in [-0.3, -0.25) is 0 Å². The number of aryl methyl sites for hydroxylation is 2. The van der Waals surface area contributed by atoms with E-state index in [0.29, 0.717) is 6.04 Å². The van der Waals surface area contributed by atoms with Crippen LogP contribution in [0, 0.1) is 13.8 Å². The first-order valence-corrected chi connectivity index (χ1v) is 6.36. The van der Waals surface area contributed by atoms with Gasteiger partial charge in [-0.2, -0.15) is 0 Å². The summed E-state index contributed by atoms with van der Waals surface area (Å²) < 4.78 is 5.87. The summed E-state index contributed by atoms with van der Waals surface area (Å²) >= 11 is 0. The Morgan fingerprint density at radius 2 is 2.24 bits per heavy atom. The quantitative estimate of drug-likeness (QED) is 0.785. The van der Waals surface area contributed by atoms with E-state index in [-0.39, 0.29) is 0 Å². The lowest BCUT2D eigenvalue weighted by molar-refractivity contribution is 0.275. The summed E-state index contributed by atoms with van der Waals surface area (Å²) in [7, 11) is 1.99. The lowest BCUT2D eigenvalue weighted by Gasteiger charge is -2.29. The molecule has 1 aliphatic rings. The molecule has 3 nitrogen and oxygen atoms in total. The molecule has 1 heterocycles. The summed E-state index contributed by atoms with van der Waals surface area (Å²) in [6, 6.07) is 4.78. The van der Waals surface area contributed by atoms with E-state index >= 15 is 0 Å². The van der Waals surface area contributed by atoms with Crippen LogP contribution in [0.5, 0.6) is 5.75 Å². The Morgan fingerprint density at radius 1 is 1.41 bits per heavy atom. The monoisotopic (exact) mass is 234 g/mol. The van der Waals surface area contributed by atoms with Crippen LogP contribution in [0.4, 0.5) is 5.69 Å². The molecule has 0 bridgehead atoms. The van der Waals surface area contributed by atoms with Crippen LogP contribution in [-0.4, -0.2) is 26.2 Å². The molecule has 94 valence electrons. The van der Waals surface area contributed by atoms with Crippen molar-refractivity contribution in [3.05, 3.63) is 23.3 Å². The summed E-state index contributed by atoms with van der Waals surface area (Å²) in [6.07, 6.45) is 2.32. The van der Waals surface area contributed by atoms with Gasteiger partial charge in [0.1, 0.15) is 12.4 Å². The van der Waals surface area contributed by atoms with Gasteiger partial charge in [-0.1, -0.05) is 6.07 Å². The fourth-order valence-corrected chi connectivity index (χ4v) is 2.38. The second-order valence-electron chi connectivity index (χ2n) is 4.86. The molecule has 0 saturated carbocycles. The van der Waals surface area contributed by atoms with Crippen LogP contribution in [0.1, 0.15) is 24.0 Å². The molecule has 0 aromatic heterocycles. The number of rotatable bonds is 4. The highest BCUT2D eigenvalue weighted by atomic mass is 16.5. The molecule has 17 heavy (non-hydrogen) atoms. The van der Waals surface area contributed by atoms with Gasteiger partial charge in [0.2, 0.25) is 0 Å². The molecule has 1 aliphatic heterocycles.